The SMILES string of the molecule is Cc1ccc(/C=C2\SC(Nc3ccccc3)=C(c3ccccc3)C2=O)cc1. The molecule has 1 aliphatic rings. The number of nitrogens with one attached hydrogen (secondary N) is 1. The Morgan fingerprint density at radius 2 is 1.44 bits per heavy atom. The zero-order valence-electron chi connectivity index (χ0n) is 15.0. The van der Waals surface area contributed by atoms with Gasteiger partial charge < -0.3 is 5.32 Å². The number of carbonyl (C=O) groups excluding carboxylic acids is 1. The lowest BCUT2D eigenvalue weighted by Crippen LogP contribution is -2.01. The van der Waals surface area contributed by atoms with Gasteiger partial charge in [0.05, 0.1) is 15.5 Å². The molecular formula is C24H19NOS. The van der Waals surface area contributed by atoms with E-state index in [4.69, 9.17) is 0 Å². The van der Waals surface area contributed by atoms with Crippen LogP contribution in [0.1, 0.15) is 16.7 Å². The number of allylic oxidation sites excluding steroid dienone is 2. The van der Waals surface area contributed by atoms with E-state index in [1.165, 1.54) is 17.3 Å². The van der Waals surface area contributed by atoms with E-state index in [1.54, 1.807) is 0 Å². The fourth-order valence-electron chi connectivity index (χ4n) is 2.95. The lowest BCUT2D eigenvalue weighted by atomic mass is 10.0. The zero-order valence-corrected chi connectivity index (χ0v) is 15.8. The average molecular weight is 369 g/mol. The molecule has 0 fully saturated rings. The molecule has 0 saturated carbocycles. The van der Waals surface area contributed by atoms with E-state index in [2.05, 4.69) is 24.4 Å². The quantitative estimate of drug-likeness (QED) is 0.561. The molecule has 1 heterocycles. The second-order valence-corrected chi connectivity index (χ2v) is 7.46. The molecule has 0 amide bonds. The van der Waals surface area contributed by atoms with E-state index >= 15 is 0 Å². The molecule has 4 rings (SSSR count). The number of hydrogen-bond donors (Lipinski definition) is 1. The van der Waals surface area contributed by atoms with Crippen molar-refractivity contribution < 1.29 is 4.79 Å². The van der Waals surface area contributed by atoms with Gasteiger partial charge in [-0.2, -0.15) is 0 Å². The molecule has 3 aromatic rings. The van der Waals surface area contributed by atoms with Crippen molar-refractivity contribution in [3.05, 3.63) is 112 Å². The van der Waals surface area contributed by atoms with E-state index in [0.29, 0.717) is 0 Å². The van der Waals surface area contributed by atoms with Crippen LogP contribution in [-0.4, -0.2) is 5.78 Å². The summed E-state index contributed by atoms with van der Waals surface area (Å²) in [7, 11) is 0. The molecule has 0 aromatic heterocycles. The first kappa shape index (κ1) is 17.4. The maximum Gasteiger partial charge on any atom is 0.203 e. The molecule has 1 N–H and O–H groups in total. The van der Waals surface area contributed by atoms with Crippen molar-refractivity contribution in [1.82, 2.24) is 0 Å². The van der Waals surface area contributed by atoms with Crippen molar-refractivity contribution >= 4 is 34.9 Å². The van der Waals surface area contributed by atoms with Crippen molar-refractivity contribution in [2.24, 2.45) is 0 Å². The van der Waals surface area contributed by atoms with Gasteiger partial charge >= 0.3 is 0 Å². The lowest BCUT2D eigenvalue weighted by Gasteiger charge is -2.08. The van der Waals surface area contributed by atoms with Crippen LogP contribution in [-0.2, 0) is 4.79 Å². The first-order chi connectivity index (χ1) is 13.2. The number of ketones is 1. The minimum Gasteiger partial charge on any atom is -0.349 e. The van der Waals surface area contributed by atoms with E-state index in [0.717, 1.165) is 32.3 Å². The second-order valence-electron chi connectivity index (χ2n) is 6.41. The first-order valence-electron chi connectivity index (χ1n) is 8.83. The van der Waals surface area contributed by atoms with Crippen molar-refractivity contribution in [3.63, 3.8) is 0 Å². The standard InChI is InChI=1S/C24H19NOS/c1-17-12-14-18(15-13-17)16-21-23(26)22(19-8-4-2-5-9-19)24(27-21)25-20-10-6-3-7-11-20/h2-16,25H,1H3/b21-16-. The molecule has 0 bridgehead atoms. The Labute approximate surface area is 163 Å². The van der Waals surface area contributed by atoms with Gasteiger partial charge in [-0.1, -0.05) is 90.1 Å². The Bertz CT molecular complexity index is 1020. The van der Waals surface area contributed by atoms with Crippen LogP contribution in [0.25, 0.3) is 11.6 Å². The molecule has 0 aliphatic carbocycles. The predicted octanol–water partition coefficient (Wildman–Crippen LogP) is 6.13. The Balaban J connectivity index is 1.73. The Hall–Kier alpha value is -3.04. The highest BCUT2D eigenvalue weighted by Gasteiger charge is 2.30. The monoisotopic (exact) mass is 369 g/mol. The maximum absolute atomic E-state index is 13.2. The first-order valence-corrected chi connectivity index (χ1v) is 9.65. The number of benzene rings is 3. The van der Waals surface area contributed by atoms with Crippen molar-refractivity contribution in [1.29, 1.82) is 0 Å². The third-order valence-electron chi connectivity index (χ3n) is 4.36. The average Bonchev–Trinajstić information content (AvgIpc) is 3.00. The number of hydrogen-bond acceptors (Lipinski definition) is 3. The predicted molar refractivity (Wildman–Crippen MR) is 115 cm³/mol. The normalized spacial score (nSPS) is 15.4. The van der Waals surface area contributed by atoms with Crippen LogP contribution in [0.2, 0.25) is 0 Å². The summed E-state index contributed by atoms with van der Waals surface area (Å²) < 4.78 is 0. The largest absolute Gasteiger partial charge is 0.349 e. The highest BCUT2D eigenvalue weighted by Crippen LogP contribution is 2.43. The highest BCUT2D eigenvalue weighted by atomic mass is 32.2. The zero-order chi connectivity index (χ0) is 18.6. The number of thioether (sulfide) groups is 1. The van der Waals surface area contributed by atoms with Crippen LogP contribution in [0.4, 0.5) is 5.69 Å². The van der Waals surface area contributed by atoms with Gasteiger partial charge in [0, 0.05) is 5.69 Å². The minimum absolute atomic E-state index is 0.0604. The van der Waals surface area contributed by atoms with E-state index in [9.17, 15) is 4.79 Å². The maximum atomic E-state index is 13.2. The molecule has 2 nitrogen and oxygen atoms in total. The molecule has 132 valence electrons. The number of para-hydroxylation sites is 1. The van der Waals surface area contributed by atoms with Gasteiger partial charge in [-0.25, -0.2) is 0 Å². The second kappa shape index (κ2) is 7.68. The topological polar surface area (TPSA) is 29.1 Å². The Kier molecular flexibility index (Phi) is 4.95. The summed E-state index contributed by atoms with van der Waals surface area (Å²) in [5.74, 6) is 0.0604. The molecular weight excluding hydrogens is 350 g/mol. The highest BCUT2D eigenvalue weighted by molar-refractivity contribution is 8.08. The van der Waals surface area contributed by atoms with E-state index < -0.39 is 0 Å². The van der Waals surface area contributed by atoms with Crippen molar-refractivity contribution in [3.8, 4) is 0 Å². The van der Waals surface area contributed by atoms with Gasteiger partial charge in [0.2, 0.25) is 5.78 Å². The summed E-state index contributed by atoms with van der Waals surface area (Å²) in [5, 5.41) is 4.30. The summed E-state index contributed by atoms with van der Waals surface area (Å²) in [5.41, 5.74) is 4.86. The summed E-state index contributed by atoms with van der Waals surface area (Å²) in [4.78, 5) is 13.9. The number of Topliss-reactive ketones (excluding diaryl/α,β-unsaturated/α-hetero) is 1. The van der Waals surface area contributed by atoms with Gasteiger partial charge in [-0.15, -0.1) is 0 Å². The summed E-state index contributed by atoms with van der Waals surface area (Å²) in [6, 6.07) is 28.0. The van der Waals surface area contributed by atoms with Gasteiger partial charge in [0.1, 0.15) is 0 Å². The van der Waals surface area contributed by atoms with E-state index in [1.807, 2.05) is 78.9 Å². The fraction of sp³-hybridized carbons (Fsp3) is 0.0417. The third-order valence-corrected chi connectivity index (χ3v) is 5.39. The third kappa shape index (κ3) is 3.88. The summed E-state index contributed by atoms with van der Waals surface area (Å²) >= 11 is 1.50. The van der Waals surface area contributed by atoms with Crippen LogP contribution in [0.5, 0.6) is 0 Å². The number of anilines is 1. The molecule has 1 aliphatic heterocycles. The van der Waals surface area contributed by atoms with Crippen molar-refractivity contribution in [2.75, 3.05) is 5.32 Å². The van der Waals surface area contributed by atoms with Crippen LogP contribution in [0.15, 0.2) is 94.9 Å². The van der Waals surface area contributed by atoms with Gasteiger partial charge in [-0.3, -0.25) is 4.79 Å². The van der Waals surface area contributed by atoms with Gasteiger partial charge in [-0.05, 0) is 36.3 Å². The molecule has 0 radical (unpaired) electrons. The molecule has 3 aromatic carbocycles. The molecule has 0 unspecified atom stereocenters. The van der Waals surface area contributed by atoms with Crippen LogP contribution in [0, 0.1) is 6.92 Å². The summed E-state index contributed by atoms with van der Waals surface area (Å²) in [6.07, 6.45) is 1.97. The Morgan fingerprint density at radius 3 is 2.11 bits per heavy atom. The summed E-state index contributed by atoms with van der Waals surface area (Å²) in [6.45, 7) is 2.06. The number of carbonyl (C=O) groups is 1. The van der Waals surface area contributed by atoms with Gasteiger partial charge in [0.15, 0.2) is 0 Å². The molecule has 0 spiro atoms. The molecule has 0 saturated heterocycles. The fourth-order valence-corrected chi connectivity index (χ4v) is 4.04. The number of rotatable bonds is 4. The molecule has 3 heteroatoms. The van der Waals surface area contributed by atoms with Crippen molar-refractivity contribution in [2.45, 2.75) is 6.92 Å². The lowest BCUT2D eigenvalue weighted by molar-refractivity contribution is -0.109. The van der Waals surface area contributed by atoms with Crippen LogP contribution >= 0.6 is 11.8 Å². The smallest absolute Gasteiger partial charge is 0.203 e. The van der Waals surface area contributed by atoms with Crippen LogP contribution in [0.3, 0.4) is 0 Å². The number of aryl methyl sites for hydroxylation is 1. The molecule has 0 atom stereocenters. The van der Waals surface area contributed by atoms with Crippen LogP contribution < -0.4 is 5.32 Å². The molecule has 27 heavy (non-hydrogen) atoms. The van der Waals surface area contributed by atoms with E-state index in [-0.39, 0.29) is 5.78 Å². The van der Waals surface area contributed by atoms with Gasteiger partial charge in [0.25, 0.3) is 0 Å². The Morgan fingerprint density at radius 1 is 0.815 bits per heavy atom. The minimum atomic E-state index is 0.0604.